The van der Waals surface area contributed by atoms with Gasteiger partial charge in [-0.2, -0.15) is 18.4 Å². The van der Waals surface area contributed by atoms with E-state index in [0.29, 0.717) is 28.2 Å². The van der Waals surface area contributed by atoms with Crippen LogP contribution in [0.5, 0.6) is 0 Å². The monoisotopic (exact) mass is 503 g/mol. The van der Waals surface area contributed by atoms with Crippen molar-refractivity contribution in [2.75, 3.05) is 12.0 Å². The minimum absolute atomic E-state index is 0.0189. The molecule has 0 radical (unpaired) electrons. The van der Waals surface area contributed by atoms with Crippen molar-refractivity contribution < 1.29 is 22.7 Å². The molecule has 0 saturated carbocycles. The summed E-state index contributed by atoms with van der Waals surface area (Å²) in [6.07, 6.45) is -3.07. The number of ether oxygens (including phenoxy) is 1. The second-order valence-corrected chi connectivity index (χ2v) is 8.68. The molecule has 3 aromatic carbocycles. The van der Waals surface area contributed by atoms with Crippen LogP contribution in [0.4, 0.5) is 18.9 Å². The highest BCUT2D eigenvalue weighted by atomic mass is 19.4. The summed E-state index contributed by atoms with van der Waals surface area (Å²) in [5.41, 5.74) is 2.41. The number of fused-ring (bicyclic) bond motifs is 1. The van der Waals surface area contributed by atoms with Crippen LogP contribution in [0.15, 0.2) is 60.9 Å². The molecule has 2 heterocycles. The van der Waals surface area contributed by atoms with Crippen LogP contribution >= 0.6 is 0 Å². The zero-order chi connectivity index (χ0) is 26.3. The average molecular weight is 503 g/mol. The number of rotatable bonds is 5. The van der Waals surface area contributed by atoms with Crippen LogP contribution in [0.3, 0.4) is 0 Å². The van der Waals surface area contributed by atoms with E-state index in [2.05, 4.69) is 16.3 Å². The summed E-state index contributed by atoms with van der Waals surface area (Å²) < 4.78 is 48.3. The molecule has 0 bridgehead atoms. The van der Waals surface area contributed by atoms with Crippen molar-refractivity contribution >= 4 is 11.6 Å². The van der Waals surface area contributed by atoms with E-state index in [1.165, 1.54) is 18.1 Å². The van der Waals surface area contributed by atoms with Crippen molar-refractivity contribution in [1.82, 2.24) is 14.8 Å². The first-order valence-corrected chi connectivity index (χ1v) is 11.2. The molecule has 37 heavy (non-hydrogen) atoms. The van der Waals surface area contributed by atoms with Crippen LogP contribution < -0.4 is 4.90 Å². The van der Waals surface area contributed by atoms with E-state index in [-0.39, 0.29) is 29.8 Å². The van der Waals surface area contributed by atoms with Crippen molar-refractivity contribution in [3.63, 3.8) is 0 Å². The normalized spacial score (nSPS) is 13.1. The Morgan fingerprint density at radius 2 is 1.89 bits per heavy atom. The molecule has 1 aromatic heterocycles. The third kappa shape index (κ3) is 4.34. The van der Waals surface area contributed by atoms with E-state index < -0.39 is 17.6 Å². The number of halogens is 3. The number of benzene rings is 3. The van der Waals surface area contributed by atoms with Gasteiger partial charge in [0, 0.05) is 31.0 Å². The van der Waals surface area contributed by atoms with Gasteiger partial charge in [-0.05, 0) is 58.7 Å². The van der Waals surface area contributed by atoms with Gasteiger partial charge >= 0.3 is 6.18 Å². The van der Waals surface area contributed by atoms with E-state index in [4.69, 9.17) is 4.74 Å². The maximum absolute atomic E-state index is 13.9. The van der Waals surface area contributed by atoms with Gasteiger partial charge in [0.1, 0.15) is 6.33 Å². The van der Waals surface area contributed by atoms with Gasteiger partial charge in [0.2, 0.25) is 0 Å². The minimum atomic E-state index is -4.61. The summed E-state index contributed by atoms with van der Waals surface area (Å²) in [4.78, 5) is 14.7. The fourth-order valence-corrected chi connectivity index (χ4v) is 4.60. The molecule has 0 atom stereocenters. The molecule has 1 aliphatic rings. The summed E-state index contributed by atoms with van der Waals surface area (Å²) in [5, 5.41) is 17.5. The van der Waals surface area contributed by atoms with Crippen LogP contribution in [-0.2, 0) is 31.1 Å². The lowest BCUT2D eigenvalue weighted by molar-refractivity contribution is -0.138. The summed E-state index contributed by atoms with van der Waals surface area (Å²) in [7, 11) is 3.17. The molecule has 10 heteroatoms. The van der Waals surface area contributed by atoms with Gasteiger partial charge in [0.15, 0.2) is 5.82 Å². The molecule has 1 amide bonds. The lowest BCUT2D eigenvalue weighted by atomic mass is 9.96. The smallest absolute Gasteiger partial charge is 0.380 e. The van der Waals surface area contributed by atoms with Gasteiger partial charge in [0.05, 0.1) is 30.3 Å². The number of carbonyl (C=O) groups is 1. The second kappa shape index (κ2) is 9.19. The first-order valence-electron chi connectivity index (χ1n) is 11.2. The van der Waals surface area contributed by atoms with E-state index in [1.54, 1.807) is 54.3 Å². The Labute approximate surface area is 210 Å². The van der Waals surface area contributed by atoms with Crippen LogP contribution in [-0.4, -0.2) is 27.8 Å². The van der Waals surface area contributed by atoms with Gasteiger partial charge in [-0.25, -0.2) is 0 Å². The number of hydrogen-bond donors (Lipinski definition) is 0. The number of nitriles is 1. The van der Waals surface area contributed by atoms with E-state index in [0.717, 1.165) is 11.6 Å². The maximum atomic E-state index is 13.9. The Hall–Kier alpha value is -4.49. The molecule has 186 valence electrons. The molecule has 1 aliphatic heterocycles. The van der Waals surface area contributed by atoms with Crippen LogP contribution in [0.1, 0.15) is 32.6 Å². The number of hydrogen-bond acceptors (Lipinski definition) is 5. The Kier molecular flexibility index (Phi) is 6.01. The molecule has 0 N–H and O–H groups in total. The lowest BCUT2D eigenvalue weighted by Crippen LogP contribution is -2.23. The number of aromatic nitrogens is 3. The van der Waals surface area contributed by atoms with Gasteiger partial charge in [-0.15, -0.1) is 10.2 Å². The highest BCUT2D eigenvalue weighted by molar-refractivity contribution is 6.10. The summed E-state index contributed by atoms with van der Waals surface area (Å²) in [6.45, 7) is -0.244. The van der Waals surface area contributed by atoms with Crippen molar-refractivity contribution in [1.29, 1.82) is 5.26 Å². The average Bonchev–Trinajstić information content (AvgIpc) is 3.46. The van der Waals surface area contributed by atoms with E-state index in [9.17, 15) is 23.2 Å². The van der Waals surface area contributed by atoms with Crippen molar-refractivity contribution in [2.24, 2.45) is 7.05 Å². The van der Waals surface area contributed by atoms with E-state index >= 15 is 0 Å². The van der Waals surface area contributed by atoms with Gasteiger partial charge in [-0.3, -0.25) is 4.79 Å². The summed E-state index contributed by atoms with van der Waals surface area (Å²) in [5.74, 6) is 0.0339. The number of anilines is 1. The minimum Gasteiger partial charge on any atom is -0.380 e. The van der Waals surface area contributed by atoms with Crippen LogP contribution in [0.25, 0.3) is 22.5 Å². The zero-order valence-corrected chi connectivity index (χ0v) is 19.9. The van der Waals surface area contributed by atoms with Crippen LogP contribution in [0.2, 0.25) is 0 Å². The van der Waals surface area contributed by atoms with Gasteiger partial charge in [-0.1, -0.05) is 18.2 Å². The fraction of sp³-hybridized carbons (Fsp3) is 0.185. The molecule has 5 rings (SSSR count). The molecular weight excluding hydrogens is 483 g/mol. The third-order valence-electron chi connectivity index (χ3n) is 6.29. The Morgan fingerprint density at radius 1 is 1.08 bits per heavy atom. The Bertz CT molecular complexity index is 1570. The van der Waals surface area contributed by atoms with Gasteiger partial charge in [0.25, 0.3) is 5.91 Å². The van der Waals surface area contributed by atoms with Crippen molar-refractivity contribution in [3.05, 3.63) is 88.7 Å². The molecule has 0 aliphatic carbocycles. The summed E-state index contributed by atoms with van der Waals surface area (Å²) >= 11 is 0. The molecule has 4 aromatic rings. The quantitative estimate of drug-likeness (QED) is 0.367. The molecule has 0 unspecified atom stereocenters. The number of nitrogens with zero attached hydrogens (tertiary/aromatic N) is 5. The predicted molar refractivity (Wildman–Crippen MR) is 129 cm³/mol. The third-order valence-corrected chi connectivity index (χ3v) is 6.29. The molecule has 0 fully saturated rings. The number of aryl methyl sites for hydroxylation is 1. The van der Waals surface area contributed by atoms with Gasteiger partial charge < -0.3 is 14.2 Å². The second-order valence-electron chi connectivity index (χ2n) is 8.68. The number of alkyl halides is 3. The van der Waals surface area contributed by atoms with Crippen LogP contribution in [0, 0.1) is 11.3 Å². The molecule has 0 spiro atoms. The highest BCUT2D eigenvalue weighted by Crippen LogP contribution is 2.41. The van der Waals surface area contributed by atoms with E-state index in [1.807, 2.05) is 6.07 Å². The molecule has 0 saturated heterocycles. The number of carbonyl (C=O) groups excluding carboxylic acids is 1. The fourth-order valence-electron chi connectivity index (χ4n) is 4.60. The SMILES string of the molecule is COCc1cc2c(c(C(F)(F)F)c1)CN(c1cccc(-c3ccc(C#N)cc3-c3nncn3C)c1)C2=O. The zero-order valence-electron chi connectivity index (χ0n) is 19.9. The standard InChI is InChI=1S/C27H20F3N5O2/c1-34-15-32-33-25(34)21-8-16(12-31)6-7-20(21)18-4-3-5-19(11-18)35-13-23-22(26(35)36)9-17(14-37-2)10-24(23)27(28,29)30/h3-11,15H,13-14H2,1-2H3. The van der Waals surface area contributed by atoms with Crippen molar-refractivity contribution in [2.45, 2.75) is 19.3 Å². The summed E-state index contributed by atoms with van der Waals surface area (Å²) in [6, 6.07) is 16.8. The lowest BCUT2D eigenvalue weighted by Gasteiger charge is -2.18. The molecule has 7 nitrogen and oxygen atoms in total. The number of amides is 1. The molecular formula is C27H20F3N5O2. The Balaban J connectivity index is 1.58. The topological polar surface area (TPSA) is 84.0 Å². The maximum Gasteiger partial charge on any atom is 0.416 e. The largest absolute Gasteiger partial charge is 0.416 e. The first-order chi connectivity index (χ1) is 17.7. The number of methoxy groups -OCH3 is 1. The first kappa shape index (κ1) is 24.2. The van der Waals surface area contributed by atoms with Crippen molar-refractivity contribution in [3.8, 4) is 28.6 Å². The Morgan fingerprint density at radius 3 is 2.57 bits per heavy atom. The highest BCUT2D eigenvalue weighted by Gasteiger charge is 2.40. The predicted octanol–water partition coefficient (Wildman–Crippen LogP) is 5.35.